The molecule has 4 rings (SSSR count). The van der Waals surface area contributed by atoms with Crippen molar-refractivity contribution in [3.05, 3.63) is 83.6 Å². The summed E-state index contributed by atoms with van der Waals surface area (Å²) in [6.07, 6.45) is -4.16. The van der Waals surface area contributed by atoms with Crippen molar-refractivity contribution in [2.45, 2.75) is 32.4 Å². The lowest BCUT2D eigenvalue weighted by Crippen LogP contribution is -2.39. The number of alkyl halides is 3. The highest BCUT2D eigenvalue weighted by Gasteiger charge is 2.44. The van der Waals surface area contributed by atoms with Gasteiger partial charge in [0.25, 0.3) is 5.91 Å². The minimum Gasteiger partial charge on any atom is -0.323 e. The minimum absolute atomic E-state index is 0.00809. The second kappa shape index (κ2) is 9.39. The number of nitrogens with zero attached hydrogens (tertiary/aromatic N) is 5. The van der Waals surface area contributed by atoms with Crippen molar-refractivity contribution in [2.24, 2.45) is 0 Å². The summed E-state index contributed by atoms with van der Waals surface area (Å²) < 4.78 is 40.3. The first kappa shape index (κ1) is 25.4. The summed E-state index contributed by atoms with van der Waals surface area (Å²) in [6, 6.07) is 18.0. The van der Waals surface area contributed by atoms with Crippen molar-refractivity contribution in [3.8, 4) is 17.3 Å². The third kappa shape index (κ3) is 5.43. The fourth-order valence-corrected chi connectivity index (χ4v) is 3.39. The Labute approximate surface area is 209 Å². The summed E-state index contributed by atoms with van der Waals surface area (Å²) >= 11 is 0. The number of carbonyl (C=O) groups excluding carboxylic acids is 2. The highest BCUT2D eigenvalue weighted by Crippen LogP contribution is 2.26. The summed E-state index contributed by atoms with van der Waals surface area (Å²) in [6.45, 7) is 5.91. The number of nitriles is 1. The molecule has 11 heteroatoms. The standard InChI is InChI=1S/C26H20F3N5O3/c1-25(2,3)19-10-8-18(9-11-19)23(35)34(37-24(36)26(27,28)29)22-15-33-21(31-22)13-12-20(32-33)17-6-4-16(14-30)5-7-17/h4-13,15H,1-3H3. The average Bonchev–Trinajstić information content (AvgIpc) is 3.29. The van der Waals surface area contributed by atoms with Crippen LogP contribution in [0.1, 0.15) is 42.3 Å². The Morgan fingerprint density at radius 3 is 2.19 bits per heavy atom. The quantitative estimate of drug-likeness (QED) is 0.352. The predicted octanol–water partition coefficient (Wildman–Crippen LogP) is 5.23. The van der Waals surface area contributed by atoms with Crippen LogP contribution >= 0.6 is 0 Å². The summed E-state index contributed by atoms with van der Waals surface area (Å²) in [4.78, 5) is 33.4. The van der Waals surface area contributed by atoms with Crippen LogP contribution in [0.3, 0.4) is 0 Å². The number of amides is 1. The Morgan fingerprint density at radius 2 is 1.62 bits per heavy atom. The van der Waals surface area contributed by atoms with Gasteiger partial charge in [-0.1, -0.05) is 45.0 Å². The van der Waals surface area contributed by atoms with E-state index in [2.05, 4.69) is 14.9 Å². The first-order valence-electron chi connectivity index (χ1n) is 11.0. The number of anilines is 1. The fourth-order valence-electron chi connectivity index (χ4n) is 3.39. The number of halogens is 3. The van der Waals surface area contributed by atoms with Gasteiger partial charge < -0.3 is 4.84 Å². The Bertz CT molecular complexity index is 1510. The van der Waals surface area contributed by atoms with E-state index in [4.69, 9.17) is 5.26 Å². The van der Waals surface area contributed by atoms with Crippen molar-refractivity contribution in [2.75, 3.05) is 5.06 Å². The summed E-state index contributed by atoms with van der Waals surface area (Å²) in [7, 11) is 0. The van der Waals surface area contributed by atoms with Crippen LogP contribution in [0.2, 0.25) is 0 Å². The minimum atomic E-state index is -5.34. The number of hydrogen-bond donors (Lipinski definition) is 0. The van der Waals surface area contributed by atoms with Crippen LogP contribution in [0.15, 0.2) is 66.9 Å². The van der Waals surface area contributed by atoms with Crippen molar-refractivity contribution >= 4 is 23.3 Å². The van der Waals surface area contributed by atoms with Crippen molar-refractivity contribution in [1.82, 2.24) is 14.6 Å². The highest BCUT2D eigenvalue weighted by atomic mass is 19.4. The van der Waals surface area contributed by atoms with E-state index in [1.807, 2.05) is 26.8 Å². The van der Waals surface area contributed by atoms with Gasteiger partial charge in [0.05, 0.1) is 23.5 Å². The summed E-state index contributed by atoms with van der Waals surface area (Å²) in [5, 5.41) is 13.5. The number of hydroxylamine groups is 1. The molecule has 0 N–H and O–H groups in total. The molecule has 0 unspecified atom stereocenters. The Balaban J connectivity index is 1.72. The Kier molecular flexibility index (Phi) is 6.44. The molecule has 2 aromatic heterocycles. The Morgan fingerprint density at radius 1 is 0.973 bits per heavy atom. The number of hydrogen-bond acceptors (Lipinski definition) is 6. The van der Waals surface area contributed by atoms with Gasteiger partial charge in [-0.3, -0.25) is 4.79 Å². The molecule has 0 saturated heterocycles. The molecule has 4 aromatic rings. The van der Waals surface area contributed by atoms with Crippen LogP contribution in [0.5, 0.6) is 0 Å². The smallest absolute Gasteiger partial charge is 0.323 e. The van der Waals surface area contributed by atoms with Crippen LogP contribution < -0.4 is 5.06 Å². The maximum Gasteiger partial charge on any atom is 0.493 e. The van der Waals surface area contributed by atoms with Gasteiger partial charge in [-0.15, -0.1) is 5.06 Å². The molecule has 1 amide bonds. The third-order valence-electron chi connectivity index (χ3n) is 5.41. The van der Waals surface area contributed by atoms with Gasteiger partial charge in [-0.05, 0) is 47.4 Å². The zero-order valence-corrected chi connectivity index (χ0v) is 19.9. The number of fused-ring (bicyclic) bond motifs is 1. The lowest BCUT2D eigenvalue weighted by molar-refractivity contribution is -0.200. The largest absolute Gasteiger partial charge is 0.493 e. The monoisotopic (exact) mass is 507 g/mol. The molecule has 0 spiro atoms. The molecule has 0 aliphatic heterocycles. The van der Waals surface area contributed by atoms with Crippen molar-refractivity contribution in [1.29, 1.82) is 5.26 Å². The van der Waals surface area contributed by atoms with Crippen LogP contribution in [-0.2, 0) is 15.0 Å². The lowest BCUT2D eigenvalue weighted by atomic mass is 9.87. The normalized spacial score (nSPS) is 11.7. The van der Waals surface area contributed by atoms with E-state index < -0.39 is 18.1 Å². The number of carbonyl (C=O) groups is 2. The molecule has 0 bridgehead atoms. The van der Waals surface area contributed by atoms with Gasteiger partial charge in [0.2, 0.25) is 0 Å². The van der Waals surface area contributed by atoms with Crippen LogP contribution in [-0.4, -0.2) is 32.7 Å². The van der Waals surface area contributed by atoms with E-state index in [-0.39, 0.29) is 27.5 Å². The molecule has 0 saturated carbocycles. The van der Waals surface area contributed by atoms with Crippen molar-refractivity contribution < 1.29 is 27.6 Å². The van der Waals surface area contributed by atoms with Crippen LogP contribution in [0.4, 0.5) is 19.0 Å². The maximum atomic E-state index is 13.2. The highest BCUT2D eigenvalue weighted by molar-refractivity contribution is 6.05. The van der Waals surface area contributed by atoms with Crippen LogP contribution in [0.25, 0.3) is 16.9 Å². The molecule has 188 valence electrons. The zero-order chi connectivity index (χ0) is 27.0. The van der Waals surface area contributed by atoms with Crippen LogP contribution in [0, 0.1) is 11.3 Å². The summed E-state index contributed by atoms with van der Waals surface area (Å²) in [5.74, 6) is -3.96. The zero-order valence-electron chi connectivity index (χ0n) is 19.9. The first-order valence-corrected chi connectivity index (χ1v) is 11.0. The average molecular weight is 507 g/mol. The molecule has 0 aliphatic carbocycles. The van der Waals surface area contributed by atoms with Gasteiger partial charge in [0.1, 0.15) is 0 Å². The van der Waals surface area contributed by atoms with Gasteiger partial charge in [0, 0.05) is 11.1 Å². The number of imidazole rings is 1. The molecule has 37 heavy (non-hydrogen) atoms. The van der Waals surface area contributed by atoms with E-state index >= 15 is 0 Å². The molecule has 8 nitrogen and oxygen atoms in total. The van der Waals surface area contributed by atoms with E-state index in [9.17, 15) is 22.8 Å². The first-order chi connectivity index (χ1) is 17.4. The number of benzene rings is 2. The third-order valence-corrected chi connectivity index (χ3v) is 5.41. The second-order valence-electron chi connectivity index (χ2n) is 9.11. The maximum absolute atomic E-state index is 13.2. The molecular weight excluding hydrogens is 487 g/mol. The fraction of sp³-hybridized carbons (Fsp3) is 0.192. The molecule has 0 aliphatic rings. The van der Waals surface area contributed by atoms with E-state index in [0.717, 1.165) is 5.56 Å². The van der Waals surface area contributed by atoms with Gasteiger partial charge in [0.15, 0.2) is 11.5 Å². The molecule has 2 heterocycles. The molecule has 0 fully saturated rings. The molecule has 0 radical (unpaired) electrons. The van der Waals surface area contributed by atoms with E-state index in [1.54, 1.807) is 42.5 Å². The predicted molar refractivity (Wildman–Crippen MR) is 127 cm³/mol. The Hall–Kier alpha value is -4.72. The SMILES string of the molecule is CC(C)(C)c1ccc(C(=O)N(OC(=O)C(F)(F)F)c2cn3nc(-c4ccc(C#N)cc4)ccc3n2)cc1. The molecule has 2 aromatic carbocycles. The number of rotatable bonds is 3. The van der Waals surface area contributed by atoms with Gasteiger partial charge in [-0.25, -0.2) is 14.3 Å². The topological polar surface area (TPSA) is 101 Å². The molecule has 0 atom stereocenters. The van der Waals surface area contributed by atoms with E-state index in [0.29, 0.717) is 16.8 Å². The lowest BCUT2D eigenvalue weighted by Gasteiger charge is -2.21. The van der Waals surface area contributed by atoms with E-state index in [1.165, 1.54) is 28.9 Å². The second-order valence-corrected chi connectivity index (χ2v) is 9.11. The van der Waals surface area contributed by atoms with Crippen molar-refractivity contribution in [3.63, 3.8) is 0 Å². The molecular formula is C26H20F3N5O3. The number of aromatic nitrogens is 3. The van der Waals surface area contributed by atoms with Gasteiger partial charge in [-0.2, -0.15) is 23.5 Å². The van der Waals surface area contributed by atoms with Gasteiger partial charge >= 0.3 is 12.1 Å². The summed E-state index contributed by atoms with van der Waals surface area (Å²) in [5.41, 5.74) is 2.48.